The lowest BCUT2D eigenvalue weighted by molar-refractivity contribution is 0.279. The lowest BCUT2D eigenvalue weighted by Gasteiger charge is -2.07. The summed E-state index contributed by atoms with van der Waals surface area (Å²) in [5.41, 5.74) is 1.43. The number of hydrogen-bond donors (Lipinski definition) is 0. The van der Waals surface area contributed by atoms with Gasteiger partial charge < -0.3 is 9.26 Å². The van der Waals surface area contributed by atoms with E-state index in [2.05, 4.69) is 10.1 Å². The Kier molecular flexibility index (Phi) is 4.55. The summed E-state index contributed by atoms with van der Waals surface area (Å²) in [6.45, 7) is 4.32. The molecule has 1 aromatic heterocycles. The van der Waals surface area contributed by atoms with Crippen LogP contribution in [0.1, 0.15) is 25.2 Å². The second-order valence-electron chi connectivity index (χ2n) is 7.29. The van der Waals surface area contributed by atoms with E-state index < -0.39 is 15.4 Å². The summed E-state index contributed by atoms with van der Waals surface area (Å²) in [6, 6.07) is 17.7. The number of ether oxygens (including phenoxy) is 1. The largest absolute Gasteiger partial charge is 0.475 e. The molecule has 3 aromatic rings. The maximum atomic E-state index is 12.9. The normalized spacial score (nSPS) is 15.9. The van der Waals surface area contributed by atoms with Crippen molar-refractivity contribution in [1.29, 1.82) is 0 Å². The Balaban J connectivity index is 1.82. The molecular weight excluding hydrogens is 376 g/mol. The number of aliphatic imine (C=N–C) groups is 1. The van der Waals surface area contributed by atoms with Crippen molar-refractivity contribution in [2.24, 2.45) is 4.99 Å². The quantitative estimate of drug-likeness (QED) is 0.654. The van der Waals surface area contributed by atoms with Gasteiger partial charge in [0.1, 0.15) is 23.6 Å². The van der Waals surface area contributed by atoms with Gasteiger partial charge in [0.25, 0.3) is 0 Å². The average molecular weight is 396 g/mol. The van der Waals surface area contributed by atoms with Crippen molar-refractivity contribution in [2.75, 3.05) is 6.61 Å². The molecule has 0 atom stereocenters. The van der Waals surface area contributed by atoms with Crippen LogP contribution in [0.5, 0.6) is 0 Å². The number of hydrogen-bond acceptors (Lipinski definition) is 6. The van der Waals surface area contributed by atoms with Gasteiger partial charge in [-0.1, -0.05) is 53.7 Å². The molecule has 0 N–H and O–H groups in total. The average Bonchev–Trinajstić information content (AvgIpc) is 3.25. The Hall–Kier alpha value is -2.93. The van der Waals surface area contributed by atoms with Crippen molar-refractivity contribution < 1.29 is 17.7 Å². The number of nitrogens with zero attached hydrogens (tertiary/aromatic N) is 2. The van der Waals surface area contributed by atoms with Crippen molar-refractivity contribution in [3.05, 3.63) is 72.0 Å². The zero-order chi connectivity index (χ0) is 19.8. The number of aromatic nitrogens is 1. The number of rotatable bonds is 5. The van der Waals surface area contributed by atoms with Crippen molar-refractivity contribution in [2.45, 2.75) is 30.0 Å². The summed E-state index contributed by atoms with van der Waals surface area (Å²) in [7, 11) is -3.61. The molecule has 0 spiro atoms. The fourth-order valence-corrected chi connectivity index (χ4v) is 4.31. The molecule has 4 rings (SSSR count). The molecule has 2 aromatic carbocycles. The van der Waals surface area contributed by atoms with Crippen molar-refractivity contribution in [3.8, 4) is 11.3 Å². The van der Waals surface area contributed by atoms with E-state index in [4.69, 9.17) is 9.26 Å². The molecule has 0 fully saturated rings. The van der Waals surface area contributed by atoms with Gasteiger partial charge >= 0.3 is 0 Å². The molecule has 1 aliphatic rings. The molecule has 7 heteroatoms. The molecule has 0 aliphatic carbocycles. The predicted molar refractivity (Wildman–Crippen MR) is 106 cm³/mol. The molecule has 6 nitrogen and oxygen atoms in total. The standard InChI is InChI=1S/C21H20N2O4S/c1-21(2)14-26-20(22-21)18-17(13-28(24,25)16-11-7-4-8-12-16)27-23-19(18)15-9-5-3-6-10-15/h3-12H,13-14H2,1-2H3. The monoisotopic (exact) mass is 396 g/mol. The lowest BCUT2D eigenvalue weighted by atomic mass is 10.1. The van der Waals surface area contributed by atoms with Crippen LogP contribution in [0.3, 0.4) is 0 Å². The minimum Gasteiger partial charge on any atom is -0.475 e. The highest BCUT2D eigenvalue weighted by Crippen LogP contribution is 2.32. The minimum absolute atomic E-state index is 0.221. The molecule has 0 unspecified atom stereocenters. The smallest absolute Gasteiger partial charge is 0.222 e. The van der Waals surface area contributed by atoms with E-state index in [0.717, 1.165) is 5.56 Å². The number of sulfone groups is 1. The molecule has 0 saturated heterocycles. The van der Waals surface area contributed by atoms with Crippen LogP contribution in [0.25, 0.3) is 11.3 Å². The molecule has 0 amide bonds. The van der Waals surface area contributed by atoms with E-state index in [9.17, 15) is 8.42 Å². The summed E-state index contributed by atoms with van der Waals surface area (Å²) in [5.74, 6) is 0.261. The predicted octanol–water partition coefficient (Wildman–Crippen LogP) is 3.87. The lowest BCUT2D eigenvalue weighted by Crippen LogP contribution is -2.17. The van der Waals surface area contributed by atoms with Crippen LogP contribution in [0.2, 0.25) is 0 Å². The third-order valence-corrected chi connectivity index (χ3v) is 6.05. The topological polar surface area (TPSA) is 81.8 Å². The molecular formula is C21H20N2O4S. The highest BCUT2D eigenvalue weighted by Gasteiger charge is 2.34. The Bertz CT molecular complexity index is 1120. The van der Waals surface area contributed by atoms with Gasteiger partial charge in [0.15, 0.2) is 15.6 Å². The maximum Gasteiger partial charge on any atom is 0.222 e. The second kappa shape index (κ2) is 6.91. The zero-order valence-corrected chi connectivity index (χ0v) is 16.4. The first-order valence-corrected chi connectivity index (χ1v) is 10.6. The molecule has 2 heterocycles. The van der Waals surface area contributed by atoms with Crippen LogP contribution in [-0.4, -0.2) is 31.6 Å². The summed E-state index contributed by atoms with van der Waals surface area (Å²) < 4.78 is 37.0. The van der Waals surface area contributed by atoms with Gasteiger partial charge in [-0.2, -0.15) is 0 Å². The van der Waals surface area contributed by atoms with Crippen LogP contribution < -0.4 is 0 Å². The second-order valence-corrected chi connectivity index (χ2v) is 9.28. The molecule has 1 aliphatic heterocycles. The first kappa shape index (κ1) is 18.4. The molecule has 0 saturated carbocycles. The number of benzene rings is 2. The molecule has 144 valence electrons. The SMILES string of the molecule is CC1(C)COC(c2c(-c3ccccc3)noc2CS(=O)(=O)c2ccccc2)=N1. The molecule has 0 bridgehead atoms. The van der Waals surface area contributed by atoms with Gasteiger partial charge in [0.05, 0.1) is 10.4 Å². The molecule has 28 heavy (non-hydrogen) atoms. The van der Waals surface area contributed by atoms with Gasteiger partial charge in [-0.3, -0.25) is 0 Å². The Morgan fingerprint density at radius 3 is 2.25 bits per heavy atom. The molecule has 0 radical (unpaired) electrons. The van der Waals surface area contributed by atoms with Crippen molar-refractivity contribution in [1.82, 2.24) is 5.16 Å². The van der Waals surface area contributed by atoms with Crippen LogP contribution in [0, 0.1) is 0 Å². The summed E-state index contributed by atoms with van der Waals surface area (Å²) in [6.07, 6.45) is 0. The van der Waals surface area contributed by atoms with Crippen LogP contribution >= 0.6 is 0 Å². The Labute approximate surface area is 163 Å². The van der Waals surface area contributed by atoms with Gasteiger partial charge in [-0.05, 0) is 26.0 Å². The van der Waals surface area contributed by atoms with E-state index in [0.29, 0.717) is 23.8 Å². The summed E-state index contributed by atoms with van der Waals surface area (Å²) in [4.78, 5) is 4.84. The van der Waals surface area contributed by atoms with Gasteiger partial charge in [-0.25, -0.2) is 13.4 Å². The van der Waals surface area contributed by atoms with E-state index in [-0.39, 0.29) is 16.4 Å². The van der Waals surface area contributed by atoms with E-state index in [1.54, 1.807) is 30.3 Å². The van der Waals surface area contributed by atoms with Crippen molar-refractivity contribution in [3.63, 3.8) is 0 Å². The Morgan fingerprint density at radius 2 is 1.64 bits per heavy atom. The fraction of sp³-hybridized carbons (Fsp3) is 0.238. The van der Waals surface area contributed by atoms with Gasteiger partial charge in [0.2, 0.25) is 5.90 Å². The van der Waals surface area contributed by atoms with Gasteiger partial charge in [-0.15, -0.1) is 0 Å². The zero-order valence-electron chi connectivity index (χ0n) is 15.6. The Morgan fingerprint density at radius 1 is 1.00 bits per heavy atom. The first-order chi connectivity index (χ1) is 13.4. The van der Waals surface area contributed by atoms with Crippen LogP contribution in [-0.2, 0) is 20.3 Å². The minimum atomic E-state index is -3.61. The van der Waals surface area contributed by atoms with E-state index >= 15 is 0 Å². The van der Waals surface area contributed by atoms with Crippen LogP contribution in [0.15, 0.2) is 75.1 Å². The highest BCUT2D eigenvalue weighted by atomic mass is 32.2. The highest BCUT2D eigenvalue weighted by molar-refractivity contribution is 7.90. The maximum absolute atomic E-state index is 12.9. The third-order valence-electron chi connectivity index (χ3n) is 4.41. The van der Waals surface area contributed by atoms with Crippen LogP contribution in [0.4, 0.5) is 0 Å². The fourth-order valence-electron chi connectivity index (χ4n) is 3.03. The first-order valence-electron chi connectivity index (χ1n) is 8.90. The summed E-state index contributed by atoms with van der Waals surface area (Å²) >= 11 is 0. The third kappa shape index (κ3) is 3.57. The van der Waals surface area contributed by atoms with E-state index in [1.165, 1.54) is 0 Å². The van der Waals surface area contributed by atoms with Gasteiger partial charge in [0, 0.05) is 5.56 Å². The van der Waals surface area contributed by atoms with Crippen molar-refractivity contribution >= 4 is 15.7 Å². The van der Waals surface area contributed by atoms with E-state index in [1.807, 2.05) is 44.2 Å². The summed E-state index contributed by atoms with van der Waals surface area (Å²) in [5, 5.41) is 4.16.